The number of nitrogens with zero attached hydrogens (tertiary/aromatic N) is 2. The molecule has 6 atom stereocenters. The molecule has 12 N–H and O–H groups in total. The van der Waals surface area contributed by atoms with E-state index in [9.17, 15) is 39.3 Å². The predicted octanol–water partition coefficient (Wildman–Crippen LogP) is -2.36. The van der Waals surface area contributed by atoms with Crippen LogP contribution in [0.5, 0.6) is 5.75 Å². The van der Waals surface area contributed by atoms with Crippen LogP contribution in [0.3, 0.4) is 0 Å². The lowest BCUT2D eigenvalue weighted by molar-refractivity contribution is -0.147. The third kappa shape index (κ3) is 10.7. The van der Waals surface area contributed by atoms with Gasteiger partial charge in [-0.2, -0.15) is 0 Å². The van der Waals surface area contributed by atoms with Gasteiger partial charge in [-0.15, -0.1) is 0 Å². The molecular weight excluding hydrogens is 576 g/mol. The van der Waals surface area contributed by atoms with Gasteiger partial charge in [0.1, 0.15) is 23.9 Å². The highest BCUT2D eigenvalue weighted by Crippen LogP contribution is 2.20. The first-order valence-electron chi connectivity index (χ1n) is 14.5. The summed E-state index contributed by atoms with van der Waals surface area (Å²) < 4.78 is 0. The Bertz CT molecular complexity index is 1190. The molecule has 4 amide bonds. The fourth-order valence-electron chi connectivity index (χ4n) is 4.76. The molecule has 16 heteroatoms. The van der Waals surface area contributed by atoms with Crippen molar-refractivity contribution in [1.82, 2.24) is 20.9 Å². The molecule has 0 saturated carbocycles. The molecule has 44 heavy (non-hydrogen) atoms. The number of hydrogen-bond acceptors (Lipinski definition) is 9. The number of nitrogens with two attached hydrogens (primary N) is 3. The number of phenolic OH excluding ortho intramolecular Hbond substituents is 1. The first kappa shape index (κ1) is 35.8. The SMILES string of the molecule is CC[C@H](NC(=O)[C@H](Cc1ccc(O)cc1)NC(=O)[C@@H](N)CCCN=C(N)N)C(=O)N1CCC[C@H]1C(=O)N[C@H](C(=O)O)[C@@H](C)O. The predicted molar refractivity (Wildman–Crippen MR) is 160 cm³/mol. The third-order valence-corrected chi connectivity index (χ3v) is 7.22. The van der Waals surface area contributed by atoms with Crippen molar-refractivity contribution in [3.8, 4) is 5.75 Å². The lowest BCUT2D eigenvalue weighted by atomic mass is 10.0. The molecular formula is C28H44N8O8. The minimum Gasteiger partial charge on any atom is -0.508 e. The molecule has 1 aliphatic rings. The number of hydrogen-bond donors (Lipinski definition) is 9. The summed E-state index contributed by atoms with van der Waals surface area (Å²) in [5, 5.41) is 36.3. The average molecular weight is 621 g/mol. The normalized spacial score (nSPS) is 17.8. The minimum atomic E-state index is -1.55. The summed E-state index contributed by atoms with van der Waals surface area (Å²) in [4.78, 5) is 69.4. The van der Waals surface area contributed by atoms with Crippen molar-refractivity contribution < 1.29 is 39.3 Å². The number of aliphatic imine (C=N–C) groups is 1. The van der Waals surface area contributed by atoms with Gasteiger partial charge in [-0.3, -0.25) is 24.2 Å². The van der Waals surface area contributed by atoms with E-state index in [2.05, 4.69) is 20.9 Å². The number of aliphatic hydroxyl groups excluding tert-OH is 1. The molecule has 1 aliphatic heterocycles. The highest BCUT2D eigenvalue weighted by atomic mass is 16.4. The van der Waals surface area contributed by atoms with Gasteiger partial charge in [0.25, 0.3) is 0 Å². The van der Waals surface area contributed by atoms with Crippen LogP contribution in [0.2, 0.25) is 0 Å². The summed E-state index contributed by atoms with van der Waals surface area (Å²) in [6.45, 7) is 3.37. The Morgan fingerprint density at radius 3 is 2.25 bits per heavy atom. The van der Waals surface area contributed by atoms with E-state index >= 15 is 0 Å². The van der Waals surface area contributed by atoms with Crippen LogP contribution in [-0.4, -0.2) is 105 Å². The Balaban J connectivity index is 2.17. The number of carbonyl (C=O) groups excluding carboxylic acids is 4. The van der Waals surface area contributed by atoms with E-state index in [4.69, 9.17) is 17.2 Å². The number of aliphatic carboxylic acids is 1. The van der Waals surface area contributed by atoms with Gasteiger partial charge < -0.3 is 53.4 Å². The number of phenols is 1. The molecule has 0 bridgehead atoms. The van der Waals surface area contributed by atoms with Gasteiger partial charge in [0, 0.05) is 19.5 Å². The first-order valence-corrected chi connectivity index (χ1v) is 14.5. The number of rotatable bonds is 16. The number of carboxylic acids is 1. The quantitative estimate of drug-likeness (QED) is 0.0535. The molecule has 1 heterocycles. The summed E-state index contributed by atoms with van der Waals surface area (Å²) in [5.74, 6) is -4.03. The number of benzene rings is 1. The fourth-order valence-corrected chi connectivity index (χ4v) is 4.76. The zero-order chi connectivity index (χ0) is 33.0. The monoisotopic (exact) mass is 620 g/mol. The van der Waals surface area contributed by atoms with Crippen LogP contribution in [0.1, 0.15) is 51.5 Å². The summed E-state index contributed by atoms with van der Waals surface area (Å²) in [5.41, 5.74) is 17.3. The number of nitrogens with one attached hydrogen (secondary N) is 3. The maximum atomic E-state index is 13.5. The number of carboxylic acid groups (broad SMARTS) is 1. The molecule has 0 radical (unpaired) electrons. The van der Waals surface area contributed by atoms with Crippen LogP contribution in [-0.2, 0) is 30.4 Å². The molecule has 0 unspecified atom stereocenters. The smallest absolute Gasteiger partial charge is 0.328 e. The molecule has 0 spiro atoms. The number of carbonyl (C=O) groups is 5. The molecule has 1 fully saturated rings. The van der Waals surface area contributed by atoms with Crippen molar-refractivity contribution in [2.24, 2.45) is 22.2 Å². The summed E-state index contributed by atoms with van der Waals surface area (Å²) in [7, 11) is 0. The Morgan fingerprint density at radius 2 is 1.68 bits per heavy atom. The van der Waals surface area contributed by atoms with Gasteiger partial charge >= 0.3 is 5.97 Å². The van der Waals surface area contributed by atoms with E-state index in [1.54, 1.807) is 19.1 Å². The number of likely N-dealkylation sites (tertiary alicyclic amines) is 1. The van der Waals surface area contributed by atoms with Crippen LogP contribution in [0.15, 0.2) is 29.3 Å². The number of guanidine groups is 1. The van der Waals surface area contributed by atoms with Crippen LogP contribution in [0.4, 0.5) is 0 Å². The third-order valence-electron chi connectivity index (χ3n) is 7.22. The largest absolute Gasteiger partial charge is 0.508 e. The van der Waals surface area contributed by atoms with Gasteiger partial charge in [0.15, 0.2) is 12.0 Å². The van der Waals surface area contributed by atoms with E-state index in [0.717, 1.165) is 0 Å². The van der Waals surface area contributed by atoms with E-state index in [1.165, 1.54) is 24.0 Å². The average Bonchev–Trinajstić information content (AvgIpc) is 3.46. The second-order valence-electron chi connectivity index (χ2n) is 10.7. The van der Waals surface area contributed by atoms with E-state index in [-0.39, 0.29) is 50.5 Å². The maximum Gasteiger partial charge on any atom is 0.328 e. The van der Waals surface area contributed by atoms with E-state index in [0.29, 0.717) is 18.4 Å². The standard InChI is InChI=1S/C28H44N8O8/c1-3-19(26(42)36-13-5-7-21(36)25(41)35-22(15(2)37)27(43)44)33-24(40)20(14-16-8-10-17(38)11-9-16)34-23(39)18(29)6-4-12-32-28(30)31/h8-11,15,18-22,37-38H,3-7,12-14,29H2,1-2H3,(H,33,40)(H,34,39)(H,35,41)(H,43,44)(H4,30,31,32)/t15-,18+,19+,20+,21+,22+/m1/s1. The second kappa shape index (κ2) is 17.0. The summed E-state index contributed by atoms with van der Waals surface area (Å²) in [6.07, 6.45) is 0.219. The van der Waals surface area contributed by atoms with Crippen molar-refractivity contribution >= 4 is 35.6 Å². The Hall–Kier alpha value is -4.44. The number of aromatic hydroxyl groups is 1. The fraction of sp³-hybridized carbons (Fsp3) is 0.571. The van der Waals surface area contributed by atoms with E-state index < -0.39 is 65.9 Å². The van der Waals surface area contributed by atoms with E-state index in [1.807, 2.05) is 0 Å². The van der Waals surface area contributed by atoms with Crippen LogP contribution >= 0.6 is 0 Å². The molecule has 0 aliphatic carbocycles. The van der Waals surface area contributed by atoms with Crippen molar-refractivity contribution in [3.63, 3.8) is 0 Å². The lowest BCUT2D eigenvalue weighted by Gasteiger charge is -2.30. The lowest BCUT2D eigenvalue weighted by Crippen LogP contribution is -2.59. The summed E-state index contributed by atoms with van der Waals surface area (Å²) >= 11 is 0. The second-order valence-corrected chi connectivity index (χ2v) is 10.7. The number of aliphatic hydroxyl groups is 1. The molecule has 1 aromatic carbocycles. The van der Waals surface area contributed by atoms with Gasteiger partial charge in [0.05, 0.1) is 12.1 Å². The Labute approximate surface area is 255 Å². The van der Waals surface area contributed by atoms with Crippen LogP contribution in [0, 0.1) is 0 Å². The molecule has 16 nitrogen and oxygen atoms in total. The van der Waals surface area contributed by atoms with Gasteiger partial charge in [-0.25, -0.2) is 4.79 Å². The number of amides is 4. The topological polar surface area (TPSA) is 276 Å². The van der Waals surface area contributed by atoms with Crippen molar-refractivity contribution in [3.05, 3.63) is 29.8 Å². The van der Waals surface area contributed by atoms with Crippen molar-refractivity contribution in [2.75, 3.05) is 13.1 Å². The van der Waals surface area contributed by atoms with Crippen LogP contribution in [0.25, 0.3) is 0 Å². The minimum absolute atomic E-state index is 0.0190. The molecule has 1 saturated heterocycles. The Kier molecular flexibility index (Phi) is 13.8. The van der Waals surface area contributed by atoms with Gasteiger partial charge in [-0.1, -0.05) is 19.1 Å². The highest BCUT2D eigenvalue weighted by molar-refractivity contribution is 5.96. The van der Waals surface area contributed by atoms with Crippen LogP contribution < -0.4 is 33.2 Å². The molecule has 1 aromatic rings. The highest BCUT2D eigenvalue weighted by Gasteiger charge is 2.39. The molecule has 244 valence electrons. The molecule has 2 rings (SSSR count). The maximum absolute atomic E-state index is 13.5. The van der Waals surface area contributed by atoms with Crippen molar-refractivity contribution in [2.45, 2.75) is 88.7 Å². The summed E-state index contributed by atoms with van der Waals surface area (Å²) in [6, 6.07) is 0.337. The molecule has 0 aromatic heterocycles. The zero-order valence-electron chi connectivity index (χ0n) is 24.9. The Morgan fingerprint density at radius 1 is 1.05 bits per heavy atom. The first-order chi connectivity index (χ1) is 20.7. The van der Waals surface area contributed by atoms with Gasteiger partial charge in [-0.05, 0) is 56.7 Å². The van der Waals surface area contributed by atoms with Gasteiger partial charge in [0.2, 0.25) is 23.6 Å². The van der Waals surface area contributed by atoms with Crippen molar-refractivity contribution in [1.29, 1.82) is 0 Å². The zero-order valence-corrected chi connectivity index (χ0v) is 24.9.